The van der Waals surface area contributed by atoms with E-state index in [2.05, 4.69) is 12.2 Å². The summed E-state index contributed by atoms with van der Waals surface area (Å²) in [4.78, 5) is 25.7. The summed E-state index contributed by atoms with van der Waals surface area (Å²) in [5, 5.41) is 0. The van der Waals surface area contributed by atoms with Crippen LogP contribution >= 0.6 is 0 Å². The van der Waals surface area contributed by atoms with Crippen LogP contribution in [0.15, 0.2) is 60.7 Å². The number of nitrogens with zero attached hydrogens (tertiary/aromatic N) is 1. The standard InChI is InChI=1S/C19H17NO2/c21-18-16-12-6-7-13-17(16)19(22)20(18)14-8-2-5-11-15-9-3-1-4-10-15/h1,3-7,9-13H,2,8,14H2/b11-5-. The molecule has 0 aliphatic carbocycles. The Bertz CT molecular complexity index is 684. The molecule has 3 rings (SSSR count). The van der Waals surface area contributed by atoms with E-state index in [1.54, 1.807) is 24.3 Å². The molecule has 0 saturated carbocycles. The highest BCUT2D eigenvalue weighted by Gasteiger charge is 2.34. The van der Waals surface area contributed by atoms with Gasteiger partial charge >= 0.3 is 0 Å². The summed E-state index contributed by atoms with van der Waals surface area (Å²) >= 11 is 0. The van der Waals surface area contributed by atoms with Crippen molar-refractivity contribution in [3.05, 3.63) is 77.4 Å². The fourth-order valence-corrected chi connectivity index (χ4v) is 2.59. The van der Waals surface area contributed by atoms with Crippen LogP contribution in [-0.4, -0.2) is 23.3 Å². The van der Waals surface area contributed by atoms with Gasteiger partial charge < -0.3 is 0 Å². The highest BCUT2D eigenvalue weighted by atomic mass is 16.2. The highest BCUT2D eigenvalue weighted by Crippen LogP contribution is 2.22. The molecule has 0 fully saturated rings. The van der Waals surface area contributed by atoms with Gasteiger partial charge in [0.05, 0.1) is 11.1 Å². The van der Waals surface area contributed by atoms with E-state index in [4.69, 9.17) is 0 Å². The fraction of sp³-hybridized carbons (Fsp3) is 0.158. The van der Waals surface area contributed by atoms with Crippen molar-refractivity contribution in [2.45, 2.75) is 12.8 Å². The second kappa shape index (κ2) is 6.39. The number of amides is 2. The van der Waals surface area contributed by atoms with Crippen molar-refractivity contribution in [3.63, 3.8) is 0 Å². The highest BCUT2D eigenvalue weighted by molar-refractivity contribution is 6.21. The van der Waals surface area contributed by atoms with Crippen molar-refractivity contribution in [1.82, 2.24) is 4.90 Å². The van der Waals surface area contributed by atoms with Crippen LogP contribution < -0.4 is 0 Å². The summed E-state index contributed by atoms with van der Waals surface area (Å²) < 4.78 is 0. The van der Waals surface area contributed by atoms with Crippen molar-refractivity contribution in [1.29, 1.82) is 0 Å². The molecule has 0 unspecified atom stereocenters. The van der Waals surface area contributed by atoms with Gasteiger partial charge in [0, 0.05) is 6.54 Å². The fourth-order valence-electron chi connectivity index (χ4n) is 2.59. The van der Waals surface area contributed by atoms with Crippen molar-refractivity contribution in [2.75, 3.05) is 6.54 Å². The maximum absolute atomic E-state index is 12.2. The van der Waals surface area contributed by atoms with Gasteiger partial charge in [0.2, 0.25) is 0 Å². The molecule has 2 aromatic carbocycles. The molecule has 3 nitrogen and oxygen atoms in total. The molecule has 22 heavy (non-hydrogen) atoms. The summed E-state index contributed by atoms with van der Waals surface area (Å²) in [6.07, 6.45) is 5.74. The van der Waals surface area contributed by atoms with Crippen LogP contribution in [-0.2, 0) is 0 Å². The quantitative estimate of drug-likeness (QED) is 0.621. The van der Waals surface area contributed by atoms with Gasteiger partial charge in [-0.3, -0.25) is 14.5 Å². The summed E-state index contributed by atoms with van der Waals surface area (Å²) in [6.45, 7) is 0.464. The van der Waals surface area contributed by atoms with E-state index >= 15 is 0 Å². The van der Waals surface area contributed by atoms with Crippen molar-refractivity contribution < 1.29 is 9.59 Å². The van der Waals surface area contributed by atoms with Gasteiger partial charge in [-0.2, -0.15) is 0 Å². The van der Waals surface area contributed by atoms with Crippen molar-refractivity contribution >= 4 is 17.9 Å². The zero-order valence-corrected chi connectivity index (χ0v) is 12.2. The Balaban J connectivity index is 1.54. The minimum absolute atomic E-state index is 0.173. The molecule has 0 atom stereocenters. The monoisotopic (exact) mass is 291 g/mol. The molecule has 0 N–H and O–H groups in total. The summed E-state index contributed by atoms with van der Waals surface area (Å²) in [5.41, 5.74) is 2.20. The van der Waals surface area contributed by atoms with Gasteiger partial charge in [-0.25, -0.2) is 0 Å². The van der Waals surface area contributed by atoms with Crippen LogP contribution in [0.5, 0.6) is 0 Å². The first kappa shape index (κ1) is 14.3. The van der Waals surface area contributed by atoms with E-state index < -0.39 is 0 Å². The first-order valence-electron chi connectivity index (χ1n) is 7.44. The number of imide groups is 1. The average Bonchev–Trinajstić information content (AvgIpc) is 2.81. The molecule has 3 heteroatoms. The third-order valence-electron chi connectivity index (χ3n) is 3.74. The van der Waals surface area contributed by atoms with Crippen molar-refractivity contribution in [2.24, 2.45) is 0 Å². The first-order valence-corrected chi connectivity index (χ1v) is 7.44. The van der Waals surface area contributed by atoms with E-state index in [0.717, 1.165) is 18.4 Å². The van der Waals surface area contributed by atoms with Gasteiger partial charge in [-0.05, 0) is 30.5 Å². The Hall–Kier alpha value is -2.68. The van der Waals surface area contributed by atoms with E-state index in [1.807, 2.05) is 30.3 Å². The lowest BCUT2D eigenvalue weighted by atomic mass is 10.1. The maximum Gasteiger partial charge on any atom is 0.261 e. The molecule has 0 radical (unpaired) electrons. The molecule has 2 aromatic rings. The molecule has 2 amide bonds. The molecule has 1 aliphatic rings. The number of allylic oxidation sites excluding steroid dienone is 1. The lowest BCUT2D eigenvalue weighted by molar-refractivity contribution is 0.0653. The predicted molar refractivity (Wildman–Crippen MR) is 86.5 cm³/mol. The third-order valence-corrected chi connectivity index (χ3v) is 3.74. The van der Waals surface area contributed by atoms with E-state index in [9.17, 15) is 9.59 Å². The zero-order chi connectivity index (χ0) is 15.4. The van der Waals surface area contributed by atoms with Crippen LogP contribution in [0.25, 0.3) is 6.08 Å². The summed E-state index contributed by atoms with van der Waals surface area (Å²) in [7, 11) is 0. The minimum Gasteiger partial charge on any atom is -0.274 e. The smallest absolute Gasteiger partial charge is 0.261 e. The third kappa shape index (κ3) is 2.84. The van der Waals surface area contributed by atoms with Crippen molar-refractivity contribution in [3.8, 4) is 0 Å². The molecular weight excluding hydrogens is 274 g/mol. The van der Waals surface area contributed by atoms with Crippen LogP contribution in [0.4, 0.5) is 0 Å². The van der Waals surface area contributed by atoms with Crippen LogP contribution in [0, 0.1) is 0 Å². The molecule has 0 saturated heterocycles. The normalized spacial score (nSPS) is 13.9. The number of fused-ring (bicyclic) bond motifs is 1. The van der Waals surface area contributed by atoms with E-state index in [1.165, 1.54) is 4.90 Å². The van der Waals surface area contributed by atoms with E-state index in [-0.39, 0.29) is 11.8 Å². The molecule has 0 spiro atoms. The number of carbonyl (C=O) groups is 2. The van der Waals surface area contributed by atoms with Crippen LogP contribution in [0.3, 0.4) is 0 Å². The number of rotatable bonds is 5. The first-order chi connectivity index (χ1) is 10.8. The molecular formula is C19H17NO2. The zero-order valence-electron chi connectivity index (χ0n) is 12.2. The Morgan fingerprint density at radius 2 is 1.41 bits per heavy atom. The Labute approximate surface area is 129 Å². The molecule has 0 bridgehead atoms. The number of hydrogen-bond donors (Lipinski definition) is 0. The van der Waals surface area contributed by atoms with E-state index in [0.29, 0.717) is 17.7 Å². The second-order valence-corrected chi connectivity index (χ2v) is 5.26. The SMILES string of the molecule is O=C1c2ccccc2C(=O)N1CCC/C=C\c1ccccc1. The Kier molecular flexibility index (Phi) is 4.15. The topological polar surface area (TPSA) is 37.4 Å². The van der Waals surface area contributed by atoms with Gasteiger partial charge in [-0.15, -0.1) is 0 Å². The lowest BCUT2D eigenvalue weighted by Crippen LogP contribution is -2.30. The Morgan fingerprint density at radius 3 is 2.05 bits per heavy atom. The average molecular weight is 291 g/mol. The molecule has 0 aromatic heterocycles. The number of unbranched alkanes of at least 4 members (excludes halogenated alkanes) is 1. The van der Waals surface area contributed by atoms with Crippen LogP contribution in [0.1, 0.15) is 39.1 Å². The molecule has 1 heterocycles. The van der Waals surface area contributed by atoms with Gasteiger partial charge in [0.25, 0.3) is 11.8 Å². The predicted octanol–water partition coefficient (Wildman–Crippen LogP) is 3.78. The number of hydrogen-bond acceptors (Lipinski definition) is 2. The van der Waals surface area contributed by atoms with Gasteiger partial charge in [-0.1, -0.05) is 54.6 Å². The Morgan fingerprint density at radius 1 is 0.818 bits per heavy atom. The molecule has 1 aliphatic heterocycles. The minimum atomic E-state index is -0.173. The maximum atomic E-state index is 12.2. The molecule has 110 valence electrons. The lowest BCUT2D eigenvalue weighted by Gasteiger charge is -2.12. The van der Waals surface area contributed by atoms with Crippen LogP contribution in [0.2, 0.25) is 0 Å². The second-order valence-electron chi connectivity index (χ2n) is 5.26. The summed E-state index contributed by atoms with van der Waals surface area (Å²) in [6, 6.07) is 17.1. The number of benzene rings is 2. The van der Waals surface area contributed by atoms with Gasteiger partial charge in [0.15, 0.2) is 0 Å². The summed E-state index contributed by atoms with van der Waals surface area (Å²) in [5.74, 6) is -0.347. The largest absolute Gasteiger partial charge is 0.274 e. The van der Waals surface area contributed by atoms with Gasteiger partial charge in [0.1, 0.15) is 0 Å². The number of carbonyl (C=O) groups excluding carboxylic acids is 2.